The lowest BCUT2D eigenvalue weighted by Crippen LogP contribution is -2.06. The van der Waals surface area contributed by atoms with Gasteiger partial charge in [0.1, 0.15) is 13.2 Å². The Hall–Kier alpha value is -2.78. The summed E-state index contributed by atoms with van der Waals surface area (Å²) in [5.74, 6) is 1.37. The van der Waals surface area contributed by atoms with Crippen LogP contribution in [0.25, 0.3) is 0 Å². The van der Waals surface area contributed by atoms with Crippen LogP contribution in [0, 0.1) is 0 Å². The fourth-order valence-corrected chi connectivity index (χ4v) is 2.75. The monoisotopic (exact) mass is 348 g/mol. The van der Waals surface area contributed by atoms with Crippen molar-refractivity contribution in [1.82, 2.24) is 0 Å². The lowest BCUT2D eigenvalue weighted by molar-refractivity contribution is 0.242. The highest BCUT2D eigenvalue weighted by Crippen LogP contribution is 2.36. The van der Waals surface area contributed by atoms with Crippen LogP contribution in [0.4, 0.5) is 0 Å². The maximum atomic E-state index is 9.60. The van der Waals surface area contributed by atoms with Crippen LogP contribution in [0.15, 0.2) is 78.9 Å². The molecule has 0 spiro atoms. The molecule has 26 heavy (non-hydrogen) atoms. The first-order chi connectivity index (χ1) is 12.8. The molecule has 1 unspecified atom stereocenters. The molecular weight excluding hydrogens is 324 g/mol. The van der Waals surface area contributed by atoms with Crippen molar-refractivity contribution < 1.29 is 14.6 Å². The van der Waals surface area contributed by atoms with Gasteiger partial charge in [0, 0.05) is 18.1 Å². The third kappa shape index (κ3) is 4.64. The van der Waals surface area contributed by atoms with Crippen LogP contribution < -0.4 is 9.47 Å². The molecule has 1 N–H and O–H groups in total. The molecule has 0 saturated carbocycles. The van der Waals surface area contributed by atoms with Crippen LogP contribution in [0.5, 0.6) is 11.5 Å². The van der Waals surface area contributed by atoms with E-state index in [1.165, 1.54) is 0 Å². The predicted octanol–water partition coefficient (Wildman–Crippen LogP) is 4.94. The number of rotatable bonds is 8. The van der Waals surface area contributed by atoms with Gasteiger partial charge in [-0.1, -0.05) is 79.7 Å². The Morgan fingerprint density at radius 3 is 1.88 bits per heavy atom. The van der Waals surface area contributed by atoms with E-state index in [1.54, 1.807) is 0 Å². The molecule has 1 atom stereocenters. The molecule has 0 radical (unpaired) electrons. The molecule has 3 aromatic carbocycles. The number of ether oxygens (including phenoxy) is 2. The minimum absolute atomic E-state index is 0.0268. The van der Waals surface area contributed by atoms with Crippen LogP contribution in [0.1, 0.15) is 29.5 Å². The molecule has 3 nitrogen and oxygen atoms in total. The van der Waals surface area contributed by atoms with Crippen LogP contribution in [0.2, 0.25) is 0 Å². The van der Waals surface area contributed by atoms with Gasteiger partial charge in [-0.3, -0.25) is 0 Å². The van der Waals surface area contributed by atoms with E-state index in [4.69, 9.17) is 9.47 Å². The summed E-state index contributed by atoms with van der Waals surface area (Å²) in [6, 6.07) is 25.9. The zero-order valence-corrected chi connectivity index (χ0v) is 15.0. The second-order valence-electron chi connectivity index (χ2n) is 6.31. The second-order valence-corrected chi connectivity index (χ2v) is 6.31. The summed E-state index contributed by atoms with van der Waals surface area (Å²) in [6.07, 6.45) is 0. The standard InChI is InChI=1S/C23H24O3/c1-18(15-24)21-13-8-14-22(25-16-19-9-4-2-5-10-19)23(21)26-17-20-11-6-3-7-12-20/h2-14,18,24H,15-17H2,1H3. The zero-order chi connectivity index (χ0) is 18.2. The number of aliphatic hydroxyl groups excluding tert-OH is 1. The Labute approximate surface area is 154 Å². The Morgan fingerprint density at radius 1 is 0.731 bits per heavy atom. The van der Waals surface area contributed by atoms with Crippen molar-refractivity contribution in [3.63, 3.8) is 0 Å². The number of hydrogen-bond acceptors (Lipinski definition) is 3. The first kappa shape index (κ1) is 18.0. The van der Waals surface area contributed by atoms with Gasteiger partial charge in [-0.15, -0.1) is 0 Å². The minimum Gasteiger partial charge on any atom is -0.485 e. The number of para-hydroxylation sites is 1. The predicted molar refractivity (Wildman–Crippen MR) is 103 cm³/mol. The van der Waals surface area contributed by atoms with Gasteiger partial charge >= 0.3 is 0 Å². The van der Waals surface area contributed by atoms with Crippen molar-refractivity contribution in [2.45, 2.75) is 26.1 Å². The second kappa shape index (κ2) is 9.07. The van der Waals surface area contributed by atoms with Gasteiger partial charge in [-0.2, -0.15) is 0 Å². The van der Waals surface area contributed by atoms with E-state index >= 15 is 0 Å². The molecule has 0 bridgehead atoms. The van der Waals surface area contributed by atoms with Crippen LogP contribution in [-0.2, 0) is 13.2 Å². The smallest absolute Gasteiger partial charge is 0.165 e. The summed E-state index contributed by atoms with van der Waals surface area (Å²) in [6.45, 7) is 2.96. The molecular formula is C23H24O3. The van der Waals surface area contributed by atoms with Crippen molar-refractivity contribution >= 4 is 0 Å². The maximum Gasteiger partial charge on any atom is 0.165 e. The molecule has 3 rings (SSSR count). The van der Waals surface area contributed by atoms with E-state index < -0.39 is 0 Å². The molecule has 3 aromatic rings. The molecule has 0 aliphatic heterocycles. The summed E-state index contributed by atoms with van der Waals surface area (Å²) in [4.78, 5) is 0. The Bertz CT molecular complexity index is 800. The Morgan fingerprint density at radius 2 is 1.31 bits per heavy atom. The van der Waals surface area contributed by atoms with Crippen LogP contribution >= 0.6 is 0 Å². The van der Waals surface area contributed by atoms with Crippen molar-refractivity contribution in [1.29, 1.82) is 0 Å². The molecule has 0 aromatic heterocycles. The largest absolute Gasteiger partial charge is 0.485 e. The summed E-state index contributed by atoms with van der Waals surface area (Å²) >= 11 is 0. The number of aliphatic hydroxyl groups is 1. The average Bonchev–Trinajstić information content (AvgIpc) is 2.71. The first-order valence-electron chi connectivity index (χ1n) is 8.85. The number of hydrogen-bond donors (Lipinski definition) is 1. The molecule has 0 heterocycles. The summed E-state index contributed by atoms with van der Waals surface area (Å²) in [7, 11) is 0. The highest BCUT2D eigenvalue weighted by molar-refractivity contribution is 5.48. The molecule has 0 amide bonds. The third-order valence-corrected chi connectivity index (χ3v) is 4.28. The summed E-state index contributed by atoms with van der Waals surface area (Å²) in [5.41, 5.74) is 3.14. The fraction of sp³-hybridized carbons (Fsp3) is 0.217. The van der Waals surface area contributed by atoms with Gasteiger partial charge in [0.15, 0.2) is 11.5 Å². The molecule has 0 aliphatic rings. The van der Waals surface area contributed by atoms with Gasteiger partial charge in [0.2, 0.25) is 0 Å². The van der Waals surface area contributed by atoms with Crippen molar-refractivity contribution in [2.24, 2.45) is 0 Å². The SMILES string of the molecule is CC(CO)c1cccc(OCc2ccccc2)c1OCc1ccccc1. The van der Waals surface area contributed by atoms with Crippen molar-refractivity contribution in [3.05, 3.63) is 95.6 Å². The van der Waals surface area contributed by atoms with Crippen molar-refractivity contribution in [3.8, 4) is 11.5 Å². The van der Waals surface area contributed by atoms with E-state index in [2.05, 4.69) is 0 Å². The number of benzene rings is 3. The lowest BCUT2D eigenvalue weighted by Gasteiger charge is -2.19. The molecule has 0 aliphatic carbocycles. The summed E-state index contributed by atoms with van der Waals surface area (Å²) < 4.78 is 12.2. The van der Waals surface area contributed by atoms with Gasteiger partial charge in [0.25, 0.3) is 0 Å². The third-order valence-electron chi connectivity index (χ3n) is 4.28. The highest BCUT2D eigenvalue weighted by atomic mass is 16.5. The average molecular weight is 348 g/mol. The topological polar surface area (TPSA) is 38.7 Å². The fourth-order valence-electron chi connectivity index (χ4n) is 2.75. The van der Waals surface area contributed by atoms with Gasteiger partial charge in [0.05, 0.1) is 0 Å². The van der Waals surface area contributed by atoms with Gasteiger partial charge in [-0.25, -0.2) is 0 Å². The van der Waals surface area contributed by atoms with Crippen molar-refractivity contribution in [2.75, 3.05) is 6.61 Å². The maximum absolute atomic E-state index is 9.60. The normalized spacial score (nSPS) is 11.8. The Balaban J connectivity index is 1.82. The minimum atomic E-state index is -0.0268. The van der Waals surface area contributed by atoms with E-state index in [1.807, 2.05) is 85.8 Å². The molecule has 3 heteroatoms. The van der Waals surface area contributed by atoms with E-state index in [9.17, 15) is 5.11 Å². The quantitative estimate of drug-likeness (QED) is 0.626. The lowest BCUT2D eigenvalue weighted by atomic mass is 10.0. The summed E-state index contributed by atoms with van der Waals surface area (Å²) in [5, 5.41) is 9.60. The molecule has 134 valence electrons. The zero-order valence-electron chi connectivity index (χ0n) is 15.0. The molecule has 0 fully saturated rings. The van der Waals surface area contributed by atoms with Crippen LogP contribution in [-0.4, -0.2) is 11.7 Å². The first-order valence-corrected chi connectivity index (χ1v) is 8.85. The van der Waals surface area contributed by atoms with E-state index in [-0.39, 0.29) is 12.5 Å². The Kier molecular flexibility index (Phi) is 6.29. The van der Waals surface area contributed by atoms with E-state index in [0.717, 1.165) is 16.7 Å². The van der Waals surface area contributed by atoms with Crippen LogP contribution in [0.3, 0.4) is 0 Å². The van der Waals surface area contributed by atoms with Gasteiger partial charge in [-0.05, 0) is 17.2 Å². The van der Waals surface area contributed by atoms with Gasteiger partial charge < -0.3 is 14.6 Å². The van der Waals surface area contributed by atoms with E-state index in [0.29, 0.717) is 24.7 Å². The highest BCUT2D eigenvalue weighted by Gasteiger charge is 2.16. The molecule has 0 saturated heterocycles.